The van der Waals surface area contributed by atoms with Gasteiger partial charge in [0.15, 0.2) is 0 Å². The van der Waals surface area contributed by atoms with Crippen molar-refractivity contribution in [3.05, 3.63) is 41.7 Å². The van der Waals surface area contributed by atoms with E-state index in [-0.39, 0.29) is 27.3 Å². The molecule has 1 saturated heterocycles. The molecule has 3 heteroatoms. The number of alkyl halides is 1. The van der Waals surface area contributed by atoms with E-state index in [1.54, 1.807) is 12.1 Å². The fraction of sp³-hybridized carbons (Fsp3) is 0.385. The molecule has 16 heavy (non-hydrogen) atoms. The van der Waals surface area contributed by atoms with Gasteiger partial charge in [0.05, 0.1) is 0 Å². The molecule has 0 amide bonds. The van der Waals surface area contributed by atoms with E-state index in [4.69, 9.17) is 0 Å². The molecule has 1 fully saturated rings. The zero-order valence-corrected chi connectivity index (χ0v) is 11.3. The van der Waals surface area contributed by atoms with Gasteiger partial charge in [0.25, 0.3) is 0 Å². The summed E-state index contributed by atoms with van der Waals surface area (Å²) < 4.78 is 15.5. The van der Waals surface area contributed by atoms with E-state index in [9.17, 15) is 4.39 Å². The first-order valence-electron chi connectivity index (χ1n) is 5.52. The van der Waals surface area contributed by atoms with E-state index in [0.29, 0.717) is 6.04 Å². The zero-order valence-electron chi connectivity index (χ0n) is 9.16. The summed E-state index contributed by atoms with van der Waals surface area (Å²) in [6.45, 7) is 1.25. The number of rotatable bonds is 2. The molecular weight excluding hydrogens is 316 g/mol. The molecule has 2 atom stereocenters. The minimum absolute atomic E-state index is 0.146. The molecule has 1 aliphatic carbocycles. The number of halogens is 2. The van der Waals surface area contributed by atoms with Crippen molar-refractivity contribution in [2.45, 2.75) is 12.5 Å². The average Bonchev–Trinajstić information content (AvgIpc) is 2.89. The normalized spacial score (nSPS) is 28.8. The summed E-state index contributed by atoms with van der Waals surface area (Å²) in [7, 11) is 0. The van der Waals surface area contributed by atoms with Gasteiger partial charge in [0.2, 0.25) is 0 Å². The number of hydrogen-bond donors (Lipinski definition) is 0. The van der Waals surface area contributed by atoms with Crippen molar-refractivity contribution in [3.63, 3.8) is 0 Å². The number of hydrogen-bond acceptors (Lipinski definition) is 1. The molecule has 1 aliphatic heterocycles. The first kappa shape index (κ1) is 10.7. The third-order valence-corrected chi connectivity index (χ3v) is 5.75. The van der Waals surface area contributed by atoms with E-state index < -0.39 is 0 Å². The van der Waals surface area contributed by atoms with Crippen LogP contribution < -0.4 is 21.5 Å². The Labute approximate surface area is 106 Å². The van der Waals surface area contributed by atoms with Gasteiger partial charge in [-0.2, -0.15) is 0 Å². The van der Waals surface area contributed by atoms with Crippen molar-refractivity contribution in [2.75, 3.05) is 11.5 Å². The van der Waals surface area contributed by atoms with Crippen molar-refractivity contribution in [1.82, 2.24) is 3.11 Å². The molecule has 0 saturated carbocycles. The topological polar surface area (TPSA) is 3.24 Å². The van der Waals surface area contributed by atoms with Crippen LogP contribution in [0.25, 0.3) is 5.57 Å². The van der Waals surface area contributed by atoms with Crippen molar-refractivity contribution >= 4 is 5.57 Å². The van der Waals surface area contributed by atoms with Gasteiger partial charge in [-0.3, -0.25) is 0 Å². The average molecular weight is 330 g/mol. The fourth-order valence-electron chi connectivity index (χ4n) is 2.71. The van der Waals surface area contributed by atoms with Gasteiger partial charge in [-0.05, 0) is 0 Å². The van der Waals surface area contributed by atoms with Gasteiger partial charge in [-0.1, -0.05) is 0 Å². The molecule has 2 bridgehead atoms. The second-order valence-corrected chi connectivity index (χ2v) is 6.60. The first-order valence-corrected chi connectivity index (χ1v) is 8.64. The van der Waals surface area contributed by atoms with Crippen LogP contribution in [0.15, 0.2) is 30.3 Å². The van der Waals surface area contributed by atoms with Gasteiger partial charge in [0.1, 0.15) is 0 Å². The predicted octanol–water partition coefficient (Wildman–Crippen LogP) is -0.453. The fourth-order valence-corrected chi connectivity index (χ4v) is 4.81. The summed E-state index contributed by atoms with van der Waals surface area (Å²) in [5, 5.41) is 0. The Kier molecular flexibility index (Phi) is 2.75. The van der Waals surface area contributed by atoms with Crippen LogP contribution in [0.4, 0.5) is 4.39 Å². The maximum absolute atomic E-state index is 12.9. The van der Waals surface area contributed by atoms with Crippen LogP contribution in [-0.4, -0.2) is 20.6 Å². The Morgan fingerprint density at radius 1 is 1.31 bits per heavy atom. The van der Waals surface area contributed by atoms with Crippen LogP contribution in [0, 0.1) is 11.7 Å². The van der Waals surface area contributed by atoms with Crippen molar-refractivity contribution < 1.29 is 25.9 Å². The van der Waals surface area contributed by atoms with E-state index >= 15 is 0 Å². The van der Waals surface area contributed by atoms with Crippen molar-refractivity contribution in [2.24, 2.45) is 5.92 Å². The molecule has 1 heterocycles. The molecule has 1 aromatic carbocycles. The molecule has 2 unspecified atom stereocenters. The molecule has 1 nitrogen and oxygen atoms in total. The number of fused-ring (bicyclic) bond motifs is 2. The summed E-state index contributed by atoms with van der Waals surface area (Å²) in [5.41, 5.74) is 2.63. The zero-order chi connectivity index (χ0) is 11.1. The Morgan fingerprint density at radius 2 is 2.06 bits per heavy atom. The molecular formula is C13H14FIN-. The summed E-state index contributed by atoms with van der Waals surface area (Å²) in [6.07, 6.45) is 3.67. The van der Waals surface area contributed by atoms with E-state index in [2.05, 4.69) is 14.1 Å². The standard InChI is InChI=1S/C13H14FIN/c1-15-16-8-9-6-12(13(16)7-9)10-2-4-11(14)5-3-10/h2-6,9,13H,7-8H2,1H3/q-1. The first-order chi connectivity index (χ1) is 7.78. The number of benzene rings is 1. The summed E-state index contributed by atoms with van der Waals surface area (Å²) in [6, 6.07) is 7.57. The number of nitrogens with zero attached hydrogens (tertiary/aromatic N) is 1. The van der Waals surface area contributed by atoms with E-state index in [1.807, 2.05) is 12.1 Å². The summed E-state index contributed by atoms with van der Waals surface area (Å²) in [5.74, 6) is 0.594. The van der Waals surface area contributed by atoms with Crippen LogP contribution in [0.2, 0.25) is 0 Å². The van der Waals surface area contributed by atoms with E-state index in [1.165, 1.54) is 24.1 Å². The van der Waals surface area contributed by atoms with Gasteiger partial charge in [0, 0.05) is 0 Å². The Morgan fingerprint density at radius 3 is 2.69 bits per heavy atom. The summed E-state index contributed by atoms with van der Waals surface area (Å²) >= 11 is 0.181. The van der Waals surface area contributed by atoms with Crippen molar-refractivity contribution in [1.29, 1.82) is 0 Å². The van der Waals surface area contributed by atoms with Gasteiger partial charge in [-0.15, -0.1) is 0 Å². The van der Waals surface area contributed by atoms with E-state index in [0.717, 1.165) is 5.92 Å². The predicted molar refractivity (Wildman–Crippen MR) is 58.9 cm³/mol. The Balaban J connectivity index is 1.91. The van der Waals surface area contributed by atoms with Gasteiger partial charge < -0.3 is 0 Å². The second-order valence-electron chi connectivity index (χ2n) is 4.39. The quantitative estimate of drug-likeness (QED) is 0.403. The van der Waals surface area contributed by atoms with Crippen LogP contribution in [0.5, 0.6) is 0 Å². The molecule has 0 radical (unpaired) electrons. The molecule has 0 N–H and O–H groups in total. The molecule has 86 valence electrons. The van der Waals surface area contributed by atoms with Crippen molar-refractivity contribution in [3.8, 4) is 0 Å². The molecule has 3 rings (SSSR count). The molecule has 0 aromatic heterocycles. The third-order valence-electron chi connectivity index (χ3n) is 3.44. The van der Waals surface area contributed by atoms with Crippen LogP contribution in [-0.2, 0) is 0 Å². The second kappa shape index (κ2) is 4.11. The Bertz CT molecular complexity index is 426. The monoisotopic (exact) mass is 330 g/mol. The van der Waals surface area contributed by atoms with Crippen LogP contribution >= 0.6 is 0 Å². The SMILES string of the molecule is C[I-]N1CC2C=C(c3ccc(F)cc3)C1C2. The van der Waals surface area contributed by atoms with Crippen LogP contribution in [0.1, 0.15) is 12.0 Å². The molecule has 1 aromatic rings. The maximum atomic E-state index is 12.9. The third kappa shape index (κ3) is 1.70. The molecule has 0 spiro atoms. The Hall–Kier alpha value is -0.420. The van der Waals surface area contributed by atoms with Gasteiger partial charge in [-0.25, -0.2) is 0 Å². The molecule has 2 aliphatic rings. The summed E-state index contributed by atoms with van der Waals surface area (Å²) in [4.78, 5) is 2.32. The minimum atomic E-state index is -0.146. The van der Waals surface area contributed by atoms with Gasteiger partial charge >= 0.3 is 106 Å². The van der Waals surface area contributed by atoms with Crippen LogP contribution in [0.3, 0.4) is 0 Å².